The molecule has 24 heavy (non-hydrogen) atoms. The van der Waals surface area contributed by atoms with Crippen LogP contribution in [0.15, 0.2) is 30.6 Å². The van der Waals surface area contributed by atoms with Gasteiger partial charge in [-0.3, -0.25) is 4.68 Å². The zero-order chi connectivity index (χ0) is 17.7. The summed E-state index contributed by atoms with van der Waals surface area (Å²) < 4.78 is 1.68. The van der Waals surface area contributed by atoms with Gasteiger partial charge < -0.3 is 10.2 Å². The van der Waals surface area contributed by atoms with Gasteiger partial charge in [-0.15, -0.1) is 0 Å². The van der Waals surface area contributed by atoms with Gasteiger partial charge in [-0.25, -0.2) is 9.78 Å². The third kappa shape index (κ3) is 4.57. The van der Waals surface area contributed by atoms with E-state index < -0.39 is 0 Å². The summed E-state index contributed by atoms with van der Waals surface area (Å²) in [5.74, 6) is 1.24. The van der Waals surface area contributed by atoms with Crippen LogP contribution < -0.4 is 5.32 Å². The topological polar surface area (TPSA) is 63.1 Å². The standard InChI is InChI=1S/C18H27N5O/c1-13(2)10-16(15-9-7-6-8-14(15)3)21-18(24)22(4)11-17-19-12-20-23(17)5/h6-9,12-13,16H,10-11H2,1-5H3,(H,21,24)/t16-/m1/s1. The van der Waals surface area contributed by atoms with E-state index in [2.05, 4.69) is 48.3 Å². The van der Waals surface area contributed by atoms with Gasteiger partial charge in [0.2, 0.25) is 0 Å². The predicted octanol–water partition coefficient (Wildman–Crippen LogP) is 3.05. The summed E-state index contributed by atoms with van der Waals surface area (Å²) in [5.41, 5.74) is 2.37. The summed E-state index contributed by atoms with van der Waals surface area (Å²) >= 11 is 0. The number of hydrogen-bond donors (Lipinski definition) is 1. The van der Waals surface area contributed by atoms with Gasteiger partial charge in [-0.05, 0) is 30.4 Å². The Morgan fingerprint density at radius 1 is 1.33 bits per heavy atom. The monoisotopic (exact) mass is 329 g/mol. The van der Waals surface area contributed by atoms with Gasteiger partial charge in [0, 0.05) is 14.1 Å². The van der Waals surface area contributed by atoms with E-state index >= 15 is 0 Å². The Hall–Kier alpha value is -2.37. The first-order valence-electron chi connectivity index (χ1n) is 8.28. The molecule has 130 valence electrons. The molecule has 0 bridgehead atoms. The molecule has 0 saturated heterocycles. The molecule has 6 nitrogen and oxygen atoms in total. The van der Waals surface area contributed by atoms with Gasteiger partial charge >= 0.3 is 6.03 Å². The van der Waals surface area contributed by atoms with Crippen LogP contribution in [0.2, 0.25) is 0 Å². The van der Waals surface area contributed by atoms with E-state index in [1.807, 2.05) is 19.2 Å². The molecule has 0 aliphatic carbocycles. The number of carbonyl (C=O) groups is 1. The van der Waals surface area contributed by atoms with Crippen molar-refractivity contribution in [3.05, 3.63) is 47.5 Å². The number of nitrogens with one attached hydrogen (secondary N) is 1. The third-order valence-electron chi connectivity index (χ3n) is 4.10. The van der Waals surface area contributed by atoms with Crippen molar-refractivity contribution in [3.8, 4) is 0 Å². The molecule has 1 atom stereocenters. The van der Waals surface area contributed by atoms with E-state index in [0.29, 0.717) is 12.5 Å². The lowest BCUT2D eigenvalue weighted by atomic mass is 9.94. The lowest BCUT2D eigenvalue weighted by molar-refractivity contribution is 0.199. The van der Waals surface area contributed by atoms with Crippen molar-refractivity contribution in [1.82, 2.24) is 25.0 Å². The minimum Gasteiger partial charge on any atom is -0.331 e. The highest BCUT2D eigenvalue weighted by Crippen LogP contribution is 2.24. The van der Waals surface area contributed by atoms with Crippen molar-refractivity contribution in [2.45, 2.75) is 39.8 Å². The van der Waals surface area contributed by atoms with Crippen molar-refractivity contribution in [2.75, 3.05) is 7.05 Å². The molecular weight excluding hydrogens is 302 g/mol. The molecule has 0 unspecified atom stereocenters. The lowest BCUT2D eigenvalue weighted by Gasteiger charge is -2.26. The second-order valence-electron chi connectivity index (χ2n) is 6.64. The lowest BCUT2D eigenvalue weighted by Crippen LogP contribution is -2.40. The Labute approximate surface area is 143 Å². The third-order valence-corrected chi connectivity index (χ3v) is 4.10. The van der Waals surface area contributed by atoms with Crippen LogP contribution in [-0.2, 0) is 13.6 Å². The minimum absolute atomic E-state index is 0.000599. The maximum Gasteiger partial charge on any atom is 0.318 e. The van der Waals surface area contributed by atoms with E-state index in [4.69, 9.17) is 0 Å². The summed E-state index contributed by atoms with van der Waals surface area (Å²) in [6, 6.07) is 8.11. The Bertz CT molecular complexity index is 680. The molecule has 1 N–H and O–H groups in total. The first kappa shape index (κ1) is 18.0. The molecule has 0 spiro atoms. The molecule has 6 heteroatoms. The molecule has 0 aliphatic rings. The summed E-state index contributed by atoms with van der Waals surface area (Å²) in [6.45, 7) is 6.84. The number of hydrogen-bond acceptors (Lipinski definition) is 3. The zero-order valence-electron chi connectivity index (χ0n) is 15.2. The van der Waals surface area contributed by atoms with E-state index in [1.165, 1.54) is 17.5 Å². The first-order valence-corrected chi connectivity index (χ1v) is 8.28. The van der Waals surface area contributed by atoms with Crippen molar-refractivity contribution in [2.24, 2.45) is 13.0 Å². The second-order valence-corrected chi connectivity index (χ2v) is 6.64. The van der Waals surface area contributed by atoms with E-state index in [-0.39, 0.29) is 12.1 Å². The van der Waals surface area contributed by atoms with Crippen LogP contribution in [0, 0.1) is 12.8 Å². The second kappa shape index (κ2) is 7.95. The number of nitrogens with zero attached hydrogens (tertiary/aromatic N) is 4. The van der Waals surface area contributed by atoms with Crippen molar-refractivity contribution in [1.29, 1.82) is 0 Å². The number of aryl methyl sites for hydroxylation is 2. The Morgan fingerprint density at radius 2 is 2.04 bits per heavy atom. The fourth-order valence-corrected chi connectivity index (χ4v) is 2.72. The fourth-order valence-electron chi connectivity index (χ4n) is 2.72. The van der Waals surface area contributed by atoms with Gasteiger partial charge in [0.25, 0.3) is 0 Å². The van der Waals surface area contributed by atoms with Crippen molar-refractivity contribution in [3.63, 3.8) is 0 Å². The summed E-state index contributed by atoms with van der Waals surface area (Å²) in [5, 5.41) is 7.20. The smallest absolute Gasteiger partial charge is 0.318 e. The summed E-state index contributed by atoms with van der Waals surface area (Å²) in [6.07, 6.45) is 2.39. The SMILES string of the molecule is Cc1ccccc1[C@@H](CC(C)C)NC(=O)N(C)Cc1ncnn1C. The number of aromatic nitrogens is 3. The molecule has 0 saturated carbocycles. The van der Waals surface area contributed by atoms with Crippen molar-refractivity contribution < 1.29 is 4.79 Å². The van der Waals surface area contributed by atoms with E-state index in [1.54, 1.807) is 16.6 Å². The van der Waals surface area contributed by atoms with Gasteiger partial charge in [0.05, 0.1) is 12.6 Å². The van der Waals surface area contributed by atoms with Gasteiger partial charge in [0.1, 0.15) is 12.2 Å². The minimum atomic E-state index is -0.105. The molecule has 0 aliphatic heterocycles. The molecular formula is C18H27N5O. The fraction of sp³-hybridized carbons (Fsp3) is 0.500. The molecule has 1 aromatic carbocycles. The molecule has 0 radical (unpaired) electrons. The number of amides is 2. The normalized spacial score (nSPS) is 12.2. The van der Waals surface area contributed by atoms with E-state index in [0.717, 1.165) is 12.2 Å². The quantitative estimate of drug-likeness (QED) is 0.886. The highest BCUT2D eigenvalue weighted by Gasteiger charge is 2.20. The largest absolute Gasteiger partial charge is 0.331 e. The summed E-state index contributed by atoms with van der Waals surface area (Å²) in [4.78, 5) is 18.4. The Balaban J connectivity index is 2.09. The highest BCUT2D eigenvalue weighted by molar-refractivity contribution is 5.74. The Kier molecular flexibility index (Phi) is 5.95. The first-order chi connectivity index (χ1) is 11.4. The molecule has 2 amide bonds. The number of rotatable bonds is 6. The number of urea groups is 1. The van der Waals surface area contributed by atoms with Crippen molar-refractivity contribution >= 4 is 6.03 Å². The van der Waals surface area contributed by atoms with Gasteiger partial charge in [0.15, 0.2) is 0 Å². The maximum absolute atomic E-state index is 12.6. The van der Waals surface area contributed by atoms with Crippen LogP contribution in [0.25, 0.3) is 0 Å². The zero-order valence-corrected chi connectivity index (χ0v) is 15.2. The highest BCUT2D eigenvalue weighted by atomic mass is 16.2. The maximum atomic E-state index is 12.6. The van der Waals surface area contributed by atoms with Crippen LogP contribution in [0.4, 0.5) is 4.79 Å². The average Bonchev–Trinajstić information content (AvgIpc) is 2.91. The molecule has 1 heterocycles. The molecule has 2 rings (SSSR count). The van der Waals surface area contributed by atoms with Gasteiger partial charge in [-0.1, -0.05) is 38.1 Å². The molecule has 2 aromatic rings. The van der Waals surface area contributed by atoms with E-state index in [9.17, 15) is 4.79 Å². The van der Waals surface area contributed by atoms with Crippen LogP contribution in [0.5, 0.6) is 0 Å². The predicted molar refractivity (Wildman–Crippen MR) is 94.4 cm³/mol. The summed E-state index contributed by atoms with van der Waals surface area (Å²) in [7, 11) is 3.59. The molecule has 0 fully saturated rings. The molecule has 1 aromatic heterocycles. The average molecular weight is 329 g/mol. The number of benzene rings is 1. The van der Waals surface area contributed by atoms with Gasteiger partial charge in [-0.2, -0.15) is 5.10 Å². The van der Waals surface area contributed by atoms with Crippen LogP contribution in [-0.4, -0.2) is 32.7 Å². The van der Waals surface area contributed by atoms with Crippen LogP contribution in [0.1, 0.15) is 43.3 Å². The van der Waals surface area contributed by atoms with Crippen LogP contribution >= 0.6 is 0 Å². The van der Waals surface area contributed by atoms with Crippen LogP contribution in [0.3, 0.4) is 0 Å². The number of carbonyl (C=O) groups excluding carboxylic acids is 1. The Morgan fingerprint density at radius 3 is 2.62 bits per heavy atom.